The van der Waals surface area contributed by atoms with Crippen LogP contribution in [0.25, 0.3) is 0 Å². The van der Waals surface area contributed by atoms with Gasteiger partial charge in [-0.2, -0.15) is 12.7 Å². The molecular weight excluding hydrogens is 554 g/mol. The second kappa shape index (κ2) is 10.7. The van der Waals surface area contributed by atoms with Gasteiger partial charge in [0.2, 0.25) is 15.2 Å². The first kappa shape index (κ1) is 26.2. The summed E-state index contributed by atoms with van der Waals surface area (Å²) in [5.41, 5.74) is 0.189. The highest BCUT2D eigenvalue weighted by Crippen LogP contribution is 2.32. The van der Waals surface area contributed by atoms with Gasteiger partial charge in [0.05, 0.1) is 30.9 Å². The molecule has 36 heavy (non-hydrogen) atoms. The van der Waals surface area contributed by atoms with Crippen LogP contribution in [0.4, 0.5) is 10.8 Å². The molecule has 0 spiro atoms. The van der Waals surface area contributed by atoms with Crippen molar-refractivity contribution in [1.29, 1.82) is 0 Å². The van der Waals surface area contributed by atoms with Crippen LogP contribution in [0.1, 0.15) is 10.4 Å². The zero-order chi connectivity index (χ0) is 25.9. The Balaban J connectivity index is 1.55. The van der Waals surface area contributed by atoms with Crippen molar-refractivity contribution in [2.24, 2.45) is 0 Å². The molecule has 0 bridgehead atoms. The minimum absolute atomic E-state index is 0.0501. The summed E-state index contributed by atoms with van der Waals surface area (Å²) in [7, 11) is -6.87. The molecule has 16 heteroatoms. The number of morpholine rings is 1. The minimum atomic E-state index is -4.30. The van der Waals surface area contributed by atoms with Crippen LogP contribution in [0.2, 0.25) is 5.02 Å². The van der Waals surface area contributed by atoms with Gasteiger partial charge >= 0.3 is 0 Å². The number of nitrogens with one attached hydrogen (secondary N) is 2. The first-order chi connectivity index (χ1) is 17.1. The van der Waals surface area contributed by atoms with Gasteiger partial charge in [0.25, 0.3) is 20.3 Å². The second-order valence-electron chi connectivity index (χ2n) is 7.32. The topological polar surface area (TPSA) is 157 Å². The zero-order valence-electron chi connectivity index (χ0n) is 18.7. The molecule has 2 N–H and O–H groups in total. The molecule has 1 aliphatic rings. The van der Waals surface area contributed by atoms with Crippen molar-refractivity contribution in [1.82, 2.24) is 14.5 Å². The van der Waals surface area contributed by atoms with E-state index in [0.29, 0.717) is 21.9 Å². The van der Waals surface area contributed by atoms with Gasteiger partial charge in [-0.15, -0.1) is 10.2 Å². The number of benzene rings is 2. The number of sulfonamides is 2. The number of hydrogen-bond donors (Lipinski definition) is 2. The molecule has 1 amide bonds. The predicted octanol–water partition coefficient (Wildman–Crippen LogP) is 2.27. The van der Waals surface area contributed by atoms with E-state index in [0.717, 1.165) is 0 Å². The Morgan fingerprint density at radius 2 is 1.78 bits per heavy atom. The fourth-order valence-electron chi connectivity index (χ4n) is 3.19. The van der Waals surface area contributed by atoms with Crippen molar-refractivity contribution in [3.05, 3.63) is 53.1 Å². The van der Waals surface area contributed by atoms with Crippen LogP contribution >= 0.6 is 22.9 Å². The Hall–Kier alpha value is -2.82. The van der Waals surface area contributed by atoms with Gasteiger partial charge in [-0.1, -0.05) is 22.9 Å². The molecule has 1 aromatic heterocycles. The zero-order valence-corrected chi connectivity index (χ0v) is 21.9. The van der Waals surface area contributed by atoms with E-state index in [1.807, 2.05) is 0 Å². The van der Waals surface area contributed by atoms with E-state index in [1.165, 1.54) is 53.9 Å². The number of methoxy groups -OCH3 is 1. The maximum atomic E-state index is 13.0. The summed E-state index contributed by atoms with van der Waals surface area (Å²) in [5, 5.41) is 10.2. The summed E-state index contributed by atoms with van der Waals surface area (Å²) in [6, 6.07) is 9.93. The van der Waals surface area contributed by atoms with E-state index in [4.69, 9.17) is 21.1 Å². The van der Waals surface area contributed by atoms with Crippen molar-refractivity contribution in [3.8, 4) is 5.75 Å². The Labute approximate surface area is 216 Å². The summed E-state index contributed by atoms with van der Waals surface area (Å²) >= 11 is 6.44. The predicted molar refractivity (Wildman–Crippen MR) is 133 cm³/mol. The highest BCUT2D eigenvalue weighted by atomic mass is 35.5. The molecule has 192 valence electrons. The lowest BCUT2D eigenvalue weighted by Crippen LogP contribution is -2.40. The van der Waals surface area contributed by atoms with Crippen molar-refractivity contribution >= 4 is 59.7 Å². The van der Waals surface area contributed by atoms with Crippen LogP contribution < -0.4 is 14.8 Å². The number of rotatable bonds is 8. The van der Waals surface area contributed by atoms with Gasteiger partial charge in [0, 0.05) is 23.7 Å². The van der Waals surface area contributed by atoms with Crippen LogP contribution in [0.15, 0.2) is 51.7 Å². The number of halogens is 1. The third kappa shape index (κ3) is 5.77. The lowest BCUT2D eigenvalue weighted by Gasteiger charge is -2.26. The van der Waals surface area contributed by atoms with Gasteiger partial charge < -0.3 is 9.47 Å². The Bertz CT molecular complexity index is 1470. The smallest absolute Gasteiger partial charge is 0.291 e. The van der Waals surface area contributed by atoms with Gasteiger partial charge in [-0.05, 0) is 42.5 Å². The van der Waals surface area contributed by atoms with E-state index in [1.54, 1.807) is 0 Å². The summed E-state index contributed by atoms with van der Waals surface area (Å²) in [4.78, 5) is 12.2. The molecule has 2 aromatic carbocycles. The number of aromatic nitrogens is 2. The summed E-state index contributed by atoms with van der Waals surface area (Å²) in [6.45, 7) is 0.904. The number of amides is 1. The third-order valence-electron chi connectivity index (χ3n) is 4.99. The number of anilines is 2. The molecule has 1 fully saturated rings. The number of nitrogens with zero attached hydrogens (tertiary/aromatic N) is 3. The standard InChI is InChI=1S/C20H20ClN5O7S3/c1-32-17-7-6-15(36(30,31)26-8-10-33-11-9-26)12-16(17)25-35(28,29)20-24-23-19(34-20)22-18(27)13-2-4-14(21)5-3-13/h2-7,12,25H,8-11H2,1H3,(H,22,23,27). The molecular formula is C20H20ClN5O7S3. The number of carbonyl (C=O) groups is 1. The number of hydrogen-bond acceptors (Lipinski definition) is 10. The number of ether oxygens (including phenoxy) is 2. The monoisotopic (exact) mass is 573 g/mol. The normalized spacial score (nSPS) is 14.8. The van der Waals surface area contributed by atoms with Crippen molar-refractivity contribution < 1.29 is 31.1 Å². The molecule has 1 aliphatic heterocycles. The Morgan fingerprint density at radius 1 is 1.08 bits per heavy atom. The average molecular weight is 574 g/mol. The molecule has 1 saturated heterocycles. The lowest BCUT2D eigenvalue weighted by molar-refractivity contribution is 0.0730. The third-order valence-corrected chi connectivity index (χ3v) is 9.70. The van der Waals surface area contributed by atoms with E-state index >= 15 is 0 Å². The van der Waals surface area contributed by atoms with Crippen molar-refractivity contribution in [2.75, 3.05) is 43.5 Å². The molecule has 0 saturated carbocycles. The fourth-order valence-corrected chi connectivity index (χ4v) is 6.71. The maximum Gasteiger partial charge on any atom is 0.291 e. The minimum Gasteiger partial charge on any atom is -0.495 e. The fraction of sp³-hybridized carbons (Fsp3) is 0.250. The van der Waals surface area contributed by atoms with Crippen LogP contribution in [-0.2, 0) is 24.8 Å². The summed E-state index contributed by atoms with van der Waals surface area (Å²) in [6.07, 6.45) is 0. The van der Waals surface area contributed by atoms with Crippen LogP contribution in [0.3, 0.4) is 0 Å². The largest absolute Gasteiger partial charge is 0.495 e. The molecule has 0 radical (unpaired) electrons. The second-order valence-corrected chi connectivity index (χ2v) is 12.5. The maximum absolute atomic E-state index is 13.0. The molecule has 0 atom stereocenters. The SMILES string of the molecule is COc1ccc(S(=O)(=O)N2CCOCC2)cc1NS(=O)(=O)c1nnc(NC(=O)c2ccc(Cl)cc2)s1. The summed E-state index contributed by atoms with van der Waals surface area (Å²) in [5.74, 6) is -0.428. The van der Waals surface area contributed by atoms with Crippen LogP contribution in [-0.4, -0.2) is 70.7 Å². The van der Waals surface area contributed by atoms with Gasteiger partial charge in [0.15, 0.2) is 0 Å². The van der Waals surface area contributed by atoms with Crippen LogP contribution in [0, 0.1) is 0 Å². The van der Waals surface area contributed by atoms with E-state index < -0.39 is 30.3 Å². The molecule has 2 heterocycles. The van der Waals surface area contributed by atoms with Gasteiger partial charge in [-0.3, -0.25) is 14.8 Å². The van der Waals surface area contributed by atoms with E-state index in [2.05, 4.69) is 20.2 Å². The van der Waals surface area contributed by atoms with Gasteiger partial charge in [0.1, 0.15) is 5.75 Å². The van der Waals surface area contributed by atoms with Crippen molar-refractivity contribution in [2.45, 2.75) is 9.24 Å². The lowest BCUT2D eigenvalue weighted by atomic mass is 10.2. The van der Waals surface area contributed by atoms with Crippen LogP contribution in [0.5, 0.6) is 5.75 Å². The molecule has 4 rings (SSSR count). The molecule has 3 aromatic rings. The molecule has 12 nitrogen and oxygen atoms in total. The quantitative estimate of drug-likeness (QED) is 0.386. The van der Waals surface area contributed by atoms with E-state index in [9.17, 15) is 21.6 Å². The average Bonchev–Trinajstić information content (AvgIpc) is 3.34. The molecule has 0 unspecified atom stereocenters. The molecule has 0 aliphatic carbocycles. The first-order valence-corrected chi connectivity index (χ1v) is 14.4. The van der Waals surface area contributed by atoms with Crippen molar-refractivity contribution in [3.63, 3.8) is 0 Å². The number of carbonyl (C=O) groups excluding carboxylic acids is 1. The van der Waals surface area contributed by atoms with Gasteiger partial charge in [-0.25, -0.2) is 8.42 Å². The highest BCUT2D eigenvalue weighted by Gasteiger charge is 2.29. The highest BCUT2D eigenvalue weighted by molar-refractivity contribution is 7.94. The van der Waals surface area contributed by atoms with E-state index in [-0.39, 0.29) is 47.8 Å². The Kier molecular flexibility index (Phi) is 7.77. The Morgan fingerprint density at radius 3 is 2.44 bits per heavy atom. The first-order valence-electron chi connectivity index (χ1n) is 10.3. The summed E-state index contributed by atoms with van der Waals surface area (Å²) < 4.78 is 65.5.